The first-order valence-electron chi connectivity index (χ1n) is 3.39. The van der Waals surface area contributed by atoms with E-state index >= 15 is 0 Å². The third-order valence-electron chi connectivity index (χ3n) is 1.22. The molecule has 66 valence electrons. The monoisotopic (exact) mass is 171 g/mol. The molecule has 1 aromatic heterocycles. The molecule has 1 rings (SSSR count). The second-order valence-electron chi connectivity index (χ2n) is 2.48. The fourth-order valence-corrected chi connectivity index (χ4v) is 0.801. The minimum Gasteiger partial charge on any atom is -0.390 e. The summed E-state index contributed by atoms with van der Waals surface area (Å²) in [4.78, 5) is 13.2. The molecule has 0 spiro atoms. The first-order chi connectivity index (χ1) is 5.61. The quantitative estimate of drug-likeness (QED) is 0.489. The zero-order valence-corrected chi connectivity index (χ0v) is 6.54. The van der Waals surface area contributed by atoms with Gasteiger partial charge in [0.1, 0.15) is 6.54 Å². The Morgan fingerprint density at radius 1 is 1.92 bits per heavy atom. The van der Waals surface area contributed by atoms with E-state index in [2.05, 4.69) is 10.1 Å². The van der Waals surface area contributed by atoms with Crippen LogP contribution in [0.2, 0.25) is 0 Å². The fourth-order valence-electron chi connectivity index (χ4n) is 0.801. The summed E-state index contributed by atoms with van der Waals surface area (Å²) < 4.78 is 1.17. The number of hydrogen-bond acceptors (Lipinski definition) is 5. The van der Waals surface area contributed by atoms with Crippen molar-refractivity contribution in [3.8, 4) is 0 Å². The van der Waals surface area contributed by atoms with Gasteiger partial charge in [-0.2, -0.15) is 0 Å². The van der Waals surface area contributed by atoms with E-state index < -0.39 is 4.92 Å². The summed E-state index contributed by atoms with van der Waals surface area (Å²) in [5, 5.41) is 14.0. The maximum Gasteiger partial charge on any atom is 0.455 e. The second-order valence-corrected chi connectivity index (χ2v) is 2.48. The normalized spacial score (nSPS) is 12.8. The molecule has 0 saturated heterocycles. The predicted molar refractivity (Wildman–Crippen MR) is 40.3 cm³/mol. The highest BCUT2D eigenvalue weighted by Gasteiger charge is 2.16. The Kier molecular flexibility index (Phi) is 2.34. The SMILES string of the molecule is CC(N)Cn1ncnc1[N+](=O)[O-]. The van der Waals surface area contributed by atoms with E-state index in [0.717, 1.165) is 6.33 Å². The van der Waals surface area contributed by atoms with Crippen LogP contribution in [0.25, 0.3) is 0 Å². The van der Waals surface area contributed by atoms with Gasteiger partial charge >= 0.3 is 5.95 Å². The van der Waals surface area contributed by atoms with E-state index in [0.29, 0.717) is 6.54 Å². The van der Waals surface area contributed by atoms with E-state index in [1.54, 1.807) is 6.92 Å². The van der Waals surface area contributed by atoms with Crippen molar-refractivity contribution in [2.24, 2.45) is 5.73 Å². The summed E-state index contributed by atoms with van der Waals surface area (Å²) in [5.74, 6) is -0.271. The Labute approximate surface area is 68.3 Å². The second kappa shape index (κ2) is 3.26. The minimum atomic E-state index is -0.588. The lowest BCUT2D eigenvalue weighted by Crippen LogP contribution is -2.23. The lowest BCUT2D eigenvalue weighted by molar-refractivity contribution is -0.397. The molecule has 0 amide bonds. The van der Waals surface area contributed by atoms with Gasteiger partial charge in [-0.15, -0.1) is 4.68 Å². The van der Waals surface area contributed by atoms with Gasteiger partial charge in [0.05, 0.1) is 0 Å². The van der Waals surface area contributed by atoms with Crippen LogP contribution in [0.5, 0.6) is 0 Å². The summed E-state index contributed by atoms with van der Waals surface area (Å²) >= 11 is 0. The lowest BCUT2D eigenvalue weighted by atomic mass is 10.4. The van der Waals surface area contributed by atoms with Crippen molar-refractivity contribution >= 4 is 5.95 Å². The number of aromatic nitrogens is 3. The van der Waals surface area contributed by atoms with Crippen LogP contribution in [-0.4, -0.2) is 25.7 Å². The number of rotatable bonds is 3. The average molecular weight is 171 g/mol. The Morgan fingerprint density at radius 3 is 3.08 bits per heavy atom. The maximum absolute atomic E-state index is 10.3. The molecule has 2 N–H and O–H groups in total. The van der Waals surface area contributed by atoms with Gasteiger partial charge in [-0.3, -0.25) is 0 Å². The highest BCUT2D eigenvalue weighted by Crippen LogP contribution is 2.04. The van der Waals surface area contributed by atoms with Gasteiger partial charge in [-0.25, -0.2) is 0 Å². The number of nitrogens with zero attached hydrogens (tertiary/aromatic N) is 4. The minimum absolute atomic E-state index is 0.176. The van der Waals surface area contributed by atoms with Crippen molar-refractivity contribution in [2.45, 2.75) is 19.5 Å². The van der Waals surface area contributed by atoms with E-state index in [-0.39, 0.29) is 12.0 Å². The van der Waals surface area contributed by atoms with Crippen LogP contribution < -0.4 is 5.73 Å². The van der Waals surface area contributed by atoms with Crippen molar-refractivity contribution < 1.29 is 4.92 Å². The highest BCUT2D eigenvalue weighted by molar-refractivity contribution is 5.00. The number of nitro groups is 1. The topological polar surface area (TPSA) is 99.9 Å². The maximum atomic E-state index is 10.3. The Morgan fingerprint density at radius 2 is 2.58 bits per heavy atom. The average Bonchev–Trinajstić information content (AvgIpc) is 2.33. The van der Waals surface area contributed by atoms with E-state index in [4.69, 9.17) is 5.73 Å². The molecule has 1 atom stereocenters. The fraction of sp³-hybridized carbons (Fsp3) is 0.600. The molecule has 0 fully saturated rings. The predicted octanol–water partition coefficient (Wildman–Crippen LogP) is -0.467. The number of hydrogen-bond donors (Lipinski definition) is 1. The molecule has 0 aromatic carbocycles. The molecule has 0 aliphatic carbocycles. The van der Waals surface area contributed by atoms with Crippen molar-refractivity contribution in [2.75, 3.05) is 0 Å². The third-order valence-corrected chi connectivity index (χ3v) is 1.22. The first kappa shape index (κ1) is 8.60. The molecular formula is C5H9N5O2. The molecule has 1 unspecified atom stereocenters. The van der Waals surface area contributed by atoms with Crippen molar-refractivity contribution in [3.05, 3.63) is 16.4 Å². The van der Waals surface area contributed by atoms with E-state index in [9.17, 15) is 10.1 Å². The molecule has 0 saturated carbocycles. The Balaban J connectivity index is 2.84. The zero-order chi connectivity index (χ0) is 9.14. The summed E-state index contributed by atoms with van der Waals surface area (Å²) in [5.41, 5.74) is 5.44. The summed E-state index contributed by atoms with van der Waals surface area (Å²) in [6.07, 6.45) is 1.14. The standard InChI is InChI=1S/C5H9N5O2/c1-4(6)2-9-5(10(11)12)7-3-8-9/h3-4H,2,6H2,1H3. The van der Waals surface area contributed by atoms with Crippen molar-refractivity contribution in [1.29, 1.82) is 0 Å². The van der Waals surface area contributed by atoms with E-state index in [1.807, 2.05) is 0 Å². The molecule has 7 heteroatoms. The lowest BCUT2D eigenvalue weighted by Gasteiger charge is -2.01. The van der Waals surface area contributed by atoms with Gasteiger partial charge in [0, 0.05) is 6.04 Å². The largest absolute Gasteiger partial charge is 0.455 e. The van der Waals surface area contributed by atoms with Gasteiger partial charge in [-0.05, 0) is 11.8 Å². The first-order valence-corrected chi connectivity index (χ1v) is 3.39. The van der Waals surface area contributed by atoms with Crippen molar-refractivity contribution in [1.82, 2.24) is 14.8 Å². The van der Waals surface area contributed by atoms with E-state index in [1.165, 1.54) is 4.68 Å². The van der Waals surface area contributed by atoms with Crippen LogP contribution in [0.4, 0.5) is 5.95 Å². The summed E-state index contributed by atoms with van der Waals surface area (Å²) in [7, 11) is 0. The zero-order valence-electron chi connectivity index (χ0n) is 6.54. The summed E-state index contributed by atoms with van der Waals surface area (Å²) in [6, 6.07) is -0.176. The molecule has 0 radical (unpaired) electrons. The molecule has 0 aliphatic heterocycles. The molecule has 0 bridgehead atoms. The smallest absolute Gasteiger partial charge is 0.390 e. The van der Waals surface area contributed by atoms with Crippen LogP contribution in [0, 0.1) is 10.1 Å². The van der Waals surface area contributed by atoms with Gasteiger partial charge in [0.2, 0.25) is 6.33 Å². The van der Waals surface area contributed by atoms with Gasteiger partial charge in [0.15, 0.2) is 0 Å². The molecular weight excluding hydrogens is 162 g/mol. The molecule has 1 heterocycles. The van der Waals surface area contributed by atoms with Crippen LogP contribution in [0.3, 0.4) is 0 Å². The van der Waals surface area contributed by atoms with Crippen LogP contribution in [0.15, 0.2) is 6.33 Å². The van der Waals surface area contributed by atoms with Gasteiger partial charge < -0.3 is 15.8 Å². The highest BCUT2D eigenvalue weighted by atomic mass is 16.6. The molecule has 0 aliphatic rings. The van der Waals surface area contributed by atoms with Crippen LogP contribution in [0.1, 0.15) is 6.92 Å². The van der Waals surface area contributed by atoms with Crippen molar-refractivity contribution in [3.63, 3.8) is 0 Å². The molecule has 1 aromatic rings. The molecule has 12 heavy (non-hydrogen) atoms. The summed E-state index contributed by atoms with van der Waals surface area (Å²) in [6.45, 7) is 2.04. The van der Waals surface area contributed by atoms with Gasteiger partial charge in [0.25, 0.3) is 0 Å². The molecule has 7 nitrogen and oxygen atoms in total. The van der Waals surface area contributed by atoms with Crippen LogP contribution in [-0.2, 0) is 6.54 Å². The van der Waals surface area contributed by atoms with Gasteiger partial charge in [-0.1, -0.05) is 10.1 Å². The third kappa shape index (κ3) is 1.76. The Hall–Kier alpha value is -1.50. The number of nitrogens with two attached hydrogens (primary N) is 1. The Bertz CT molecular complexity index is 281. The van der Waals surface area contributed by atoms with Crippen LogP contribution >= 0.6 is 0 Å².